The number of nitrogens with one attached hydrogen (secondary N) is 1. The van der Waals surface area contributed by atoms with E-state index in [0.29, 0.717) is 12.1 Å². The number of aliphatic hydroxyl groups excluding tert-OH is 1. The summed E-state index contributed by atoms with van der Waals surface area (Å²) in [6.07, 6.45) is 2.04. The molecule has 1 aromatic rings. The number of hydrogen-bond acceptors (Lipinski definition) is 4. The van der Waals surface area contributed by atoms with Crippen molar-refractivity contribution in [1.82, 2.24) is 4.98 Å². The molecule has 2 atom stereocenters. The lowest BCUT2D eigenvalue weighted by Crippen LogP contribution is -2.21. The molecule has 4 nitrogen and oxygen atoms in total. The quantitative estimate of drug-likeness (QED) is 0.703. The molecular weight excluding hydrogens is 190 g/mol. The molecule has 0 aliphatic rings. The Morgan fingerprint density at radius 2 is 2.20 bits per heavy atom. The minimum atomic E-state index is -0.303. The van der Waals surface area contributed by atoms with E-state index < -0.39 is 0 Å². The predicted octanol–water partition coefficient (Wildman–Crippen LogP) is 1.54. The van der Waals surface area contributed by atoms with Crippen molar-refractivity contribution in [3.8, 4) is 0 Å². The van der Waals surface area contributed by atoms with E-state index in [1.165, 1.54) is 0 Å². The first-order valence-corrected chi connectivity index (χ1v) is 5.15. The summed E-state index contributed by atoms with van der Waals surface area (Å²) in [5.74, 6) is 0.801. The van der Waals surface area contributed by atoms with Crippen molar-refractivity contribution in [2.45, 2.75) is 39.3 Å². The van der Waals surface area contributed by atoms with Crippen LogP contribution < -0.4 is 11.1 Å². The molecular formula is C11H19N3O. The van der Waals surface area contributed by atoms with Gasteiger partial charge in [-0.15, -0.1) is 0 Å². The summed E-state index contributed by atoms with van der Waals surface area (Å²) in [5, 5.41) is 12.4. The van der Waals surface area contributed by atoms with Crippen LogP contribution in [0.15, 0.2) is 12.3 Å². The summed E-state index contributed by atoms with van der Waals surface area (Å²) in [6.45, 7) is 5.74. The Labute approximate surface area is 90.5 Å². The molecule has 15 heavy (non-hydrogen) atoms. The average Bonchev–Trinajstić information content (AvgIpc) is 2.10. The van der Waals surface area contributed by atoms with Gasteiger partial charge in [-0.1, -0.05) is 0 Å². The van der Waals surface area contributed by atoms with E-state index in [-0.39, 0.29) is 12.1 Å². The fourth-order valence-corrected chi connectivity index (χ4v) is 1.47. The zero-order chi connectivity index (χ0) is 11.4. The van der Waals surface area contributed by atoms with E-state index in [4.69, 9.17) is 5.73 Å². The summed E-state index contributed by atoms with van der Waals surface area (Å²) in [5.41, 5.74) is 7.38. The van der Waals surface area contributed by atoms with Crippen LogP contribution in [0.4, 0.5) is 11.5 Å². The fourth-order valence-electron chi connectivity index (χ4n) is 1.47. The maximum absolute atomic E-state index is 9.22. The second-order valence-corrected chi connectivity index (χ2v) is 4.06. The van der Waals surface area contributed by atoms with Crippen molar-refractivity contribution in [2.24, 2.45) is 0 Å². The Kier molecular flexibility index (Phi) is 3.91. The Hall–Kier alpha value is -1.29. The van der Waals surface area contributed by atoms with E-state index in [2.05, 4.69) is 10.3 Å². The predicted molar refractivity (Wildman–Crippen MR) is 62.8 cm³/mol. The first-order chi connectivity index (χ1) is 6.99. The van der Waals surface area contributed by atoms with Gasteiger partial charge in [0.2, 0.25) is 0 Å². The Morgan fingerprint density at radius 1 is 1.53 bits per heavy atom. The summed E-state index contributed by atoms with van der Waals surface area (Å²) in [4.78, 5) is 4.17. The number of nitrogens with two attached hydrogens (primary N) is 1. The third kappa shape index (κ3) is 3.75. The standard InChI is InChI=1S/C11H19N3O/c1-7-4-11(13-6-10(7)12)14-8(2)5-9(3)15/h4,6,8-9,15H,5,12H2,1-3H3,(H,13,14). The Balaban J connectivity index is 2.60. The molecule has 0 spiro atoms. The number of nitrogen functional groups attached to an aromatic ring is 1. The van der Waals surface area contributed by atoms with Crippen LogP contribution in [0.3, 0.4) is 0 Å². The maximum atomic E-state index is 9.22. The smallest absolute Gasteiger partial charge is 0.126 e. The van der Waals surface area contributed by atoms with Crippen molar-refractivity contribution in [2.75, 3.05) is 11.1 Å². The number of nitrogens with zero attached hydrogens (tertiary/aromatic N) is 1. The van der Waals surface area contributed by atoms with Crippen LogP contribution in [0, 0.1) is 6.92 Å². The minimum Gasteiger partial charge on any atom is -0.397 e. The van der Waals surface area contributed by atoms with Gasteiger partial charge in [0.05, 0.1) is 18.0 Å². The lowest BCUT2D eigenvalue weighted by atomic mass is 10.1. The first-order valence-electron chi connectivity index (χ1n) is 5.15. The molecule has 0 bridgehead atoms. The van der Waals surface area contributed by atoms with E-state index in [1.807, 2.05) is 19.9 Å². The zero-order valence-electron chi connectivity index (χ0n) is 9.49. The summed E-state index contributed by atoms with van der Waals surface area (Å²) in [7, 11) is 0. The van der Waals surface area contributed by atoms with Crippen molar-refractivity contribution in [3.05, 3.63) is 17.8 Å². The molecule has 0 saturated carbocycles. The molecule has 4 heteroatoms. The van der Waals surface area contributed by atoms with Crippen LogP contribution in [-0.2, 0) is 0 Å². The van der Waals surface area contributed by atoms with E-state index in [0.717, 1.165) is 11.4 Å². The number of aromatic nitrogens is 1. The third-order valence-electron chi connectivity index (χ3n) is 2.24. The van der Waals surface area contributed by atoms with Crippen LogP contribution in [0.1, 0.15) is 25.8 Å². The largest absolute Gasteiger partial charge is 0.397 e. The molecule has 4 N–H and O–H groups in total. The first kappa shape index (κ1) is 11.8. The van der Waals surface area contributed by atoms with Gasteiger partial charge in [-0.3, -0.25) is 0 Å². The monoisotopic (exact) mass is 209 g/mol. The van der Waals surface area contributed by atoms with Crippen LogP contribution in [0.25, 0.3) is 0 Å². The summed E-state index contributed by atoms with van der Waals surface area (Å²) < 4.78 is 0. The topological polar surface area (TPSA) is 71.2 Å². The van der Waals surface area contributed by atoms with Gasteiger partial charge in [-0.05, 0) is 38.8 Å². The molecule has 0 saturated heterocycles. The molecule has 0 radical (unpaired) electrons. The summed E-state index contributed by atoms with van der Waals surface area (Å²) in [6, 6.07) is 2.11. The number of aryl methyl sites for hydroxylation is 1. The highest BCUT2D eigenvalue weighted by Crippen LogP contribution is 2.14. The van der Waals surface area contributed by atoms with E-state index in [1.54, 1.807) is 13.1 Å². The molecule has 0 aliphatic carbocycles. The van der Waals surface area contributed by atoms with Gasteiger partial charge in [0.15, 0.2) is 0 Å². The van der Waals surface area contributed by atoms with Crippen molar-refractivity contribution in [3.63, 3.8) is 0 Å². The van der Waals surface area contributed by atoms with Gasteiger partial charge in [0.1, 0.15) is 5.82 Å². The maximum Gasteiger partial charge on any atom is 0.126 e. The van der Waals surface area contributed by atoms with Gasteiger partial charge in [0.25, 0.3) is 0 Å². The van der Waals surface area contributed by atoms with Gasteiger partial charge in [-0.2, -0.15) is 0 Å². The van der Waals surface area contributed by atoms with Crippen LogP contribution in [0.2, 0.25) is 0 Å². The Bertz CT molecular complexity index is 326. The van der Waals surface area contributed by atoms with Crippen LogP contribution in [0.5, 0.6) is 0 Å². The molecule has 0 aliphatic heterocycles. The fraction of sp³-hybridized carbons (Fsp3) is 0.545. The molecule has 84 valence electrons. The van der Waals surface area contributed by atoms with Gasteiger partial charge >= 0.3 is 0 Å². The third-order valence-corrected chi connectivity index (χ3v) is 2.24. The molecule has 0 fully saturated rings. The molecule has 0 aromatic carbocycles. The number of rotatable bonds is 4. The van der Waals surface area contributed by atoms with Gasteiger partial charge < -0.3 is 16.2 Å². The van der Waals surface area contributed by atoms with Gasteiger partial charge in [0, 0.05) is 6.04 Å². The number of hydrogen-bond donors (Lipinski definition) is 3. The second kappa shape index (κ2) is 4.98. The number of pyridine rings is 1. The lowest BCUT2D eigenvalue weighted by Gasteiger charge is -2.16. The molecule has 2 unspecified atom stereocenters. The minimum absolute atomic E-state index is 0.195. The molecule has 1 rings (SSSR count). The van der Waals surface area contributed by atoms with Crippen molar-refractivity contribution in [1.29, 1.82) is 0 Å². The van der Waals surface area contributed by atoms with Crippen molar-refractivity contribution < 1.29 is 5.11 Å². The highest BCUT2D eigenvalue weighted by atomic mass is 16.3. The average molecular weight is 209 g/mol. The van der Waals surface area contributed by atoms with Crippen LogP contribution in [-0.4, -0.2) is 22.2 Å². The summed E-state index contributed by atoms with van der Waals surface area (Å²) >= 11 is 0. The zero-order valence-corrected chi connectivity index (χ0v) is 9.49. The second-order valence-electron chi connectivity index (χ2n) is 4.06. The highest BCUT2D eigenvalue weighted by molar-refractivity contribution is 5.51. The molecule has 0 amide bonds. The van der Waals surface area contributed by atoms with Gasteiger partial charge in [-0.25, -0.2) is 4.98 Å². The molecule has 1 aromatic heterocycles. The normalized spacial score (nSPS) is 14.7. The highest BCUT2D eigenvalue weighted by Gasteiger charge is 2.06. The van der Waals surface area contributed by atoms with E-state index >= 15 is 0 Å². The van der Waals surface area contributed by atoms with Crippen LogP contribution >= 0.6 is 0 Å². The lowest BCUT2D eigenvalue weighted by molar-refractivity contribution is 0.179. The van der Waals surface area contributed by atoms with Crippen molar-refractivity contribution >= 4 is 11.5 Å². The Morgan fingerprint density at radius 3 is 2.73 bits per heavy atom. The SMILES string of the molecule is Cc1cc(NC(C)CC(C)O)ncc1N. The van der Waals surface area contributed by atoms with E-state index in [9.17, 15) is 5.11 Å². The number of anilines is 2. The molecule has 1 heterocycles. The number of aliphatic hydroxyl groups is 1.